The number of hydrogen-bond donors (Lipinski definition) is 3. The van der Waals surface area contributed by atoms with Crippen molar-refractivity contribution in [2.75, 3.05) is 19.8 Å². The van der Waals surface area contributed by atoms with E-state index in [1.165, 1.54) is 18.4 Å². The van der Waals surface area contributed by atoms with Crippen LogP contribution in [-0.2, 0) is 19.1 Å². The topological polar surface area (TPSA) is 136 Å². The van der Waals surface area contributed by atoms with Gasteiger partial charge in [-0.3, -0.25) is 9.59 Å². The van der Waals surface area contributed by atoms with E-state index in [4.69, 9.17) is 13.9 Å². The lowest BCUT2D eigenvalue weighted by molar-refractivity contribution is -0.142. The molecule has 11 heteroatoms. The first-order chi connectivity index (χ1) is 15.4. The van der Waals surface area contributed by atoms with Gasteiger partial charge in [0.15, 0.2) is 0 Å². The third-order valence-electron chi connectivity index (χ3n) is 4.35. The average molecular weight is 445 g/mol. The van der Waals surface area contributed by atoms with Gasteiger partial charge in [-0.1, -0.05) is 0 Å². The number of hydrogen-bond acceptors (Lipinski definition) is 7. The summed E-state index contributed by atoms with van der Waals surface area (Å²) in [5.74, 6) is -2.35. The van der Waals surface area contributed by atoms with Crippen molar-refractivity contribution in [2.24, 2.45) is 0 Å². The second-order valence-corrected chi connectivity index (χ2v) is 6.51. The molecule has 168 valence electrons. The molecular weight excluding hydrogens is 425 g/mol. The quantitative estimate of drug-likeness (QED) is 0.525. The lowest BCUT2D eigenvalue weighted by Gasteiger charge is -2.27. The highest BCUT2D eigenvalue weighted by molar-refractivity contribution is 5.96. The Morgan fingerprint density at radius 2 is 1.91 bits per heavy atom. The molecule has 0 fully saturated rings. The summed E-state index contributed by atoms with van der Waals surface area (Å²) in [6.07, 6.45) is 1.38. The molecule has 1 aromatic carbocycles. The molecule has 10 nitrogen and oxygen atoms in total. The van der Waals surface area contributed by atoms with Crippen LogP contribution in [0.4, 0.5) is 9.18 Å². The van der Waals surface area contributed by atoms with Crippen LogP contribution in [0.2, 0.25) is 0 Å². The molecule has 0 aliphatic carbocycles. The van der Waals surface area contributed by atoms with E-state index in [2.05, 4.69) is 16.0 Å². The summed E-state index contributed by atoms with van der Waals surface area (Å²) in [7, 11) is 0. The molecular formula is C21H20FN3O7. The first kappa shape index (κ1) is 22.5. The monoisotopic (exact) mass is 445 g/mol. The standard InChI is InChI=1S/C21H20FN3O7/c1-2-30-20(28)17-14(24-21(29)25-18(17)15-4-3-9-31-15)11-32-16(26)10-23-19(27)12-5-7-13(22)8-6-12/h3-9,18H,2,10-11H2,1H3,(H,23,27)(H2,24,25,29). The summed E-state index contributed by atoms with van der Waals surface area (Å²) in [4.78, 5) is 48.7. The first-order valence-electron chi connectivity index (χ1n) is 9.59. The van der Waals surface area contributed by atoms with Crippen LogP contribution < -0.4 is 16.0 Å². The van der Waals surface area contributed by atoms with E-state index < -0.39 is 48.9 Å². The largest absolute Gasteiger partial charge is 0.467 e. The number of carbonyl (C=O) groups excluding carboxylic acids is 4. The molecule has 2 aromatic rings. The summed E-state index contributed by atoms with van der Waals surface area (Å²) in [6, 6.07) is 6.37. The van der Waals surface area contributed by atoms with Crippen LogP contribution in [0.15, 0.2) is 58.3 Å². The van der Waals surface area contributed by atoms with E-state index in [0.717, 1.165) is 12.1 Å². The van der Waals surface area contributed by atoms with Gasteiger partial charge in [0.2, 0.25) is 0 Å². The Morgan fingerprint density at radius 3 is 2.56 bits per heavy atom. The minimum absolute atomic E-state index is 0.0181. The van der Waals surface area contributed by atoms with E-state index in [-0.39, 0.29) is 23.4 Å². The Labute approximate surface area is 181 Å². The fraction of sp³-hybridized carbons (Fsp3) is 0.238. The molecule has 1 unspecified atom stereocenters. The Hall–Kier alpha value is -4.15. The van der Waals surface area contributed by atoms with Crippen LogP contribution in [0.5, 0.6) is 0 Å². The maximum Gasteiger partial charge on any atom is 0.338 e. The second kappa shape index (κ2) is 10.2. The summed E-state index contributed by atoms with van der Waals surface area (Å²) < 4.78 is 28.4. The van der Waals surface area contributed by atoms with Crippen LogP contribution in [0, 0.1) is 5.82 Å². The number of halogens is 1. The van der Waals surface area contributed by atoms with Gasteiger partial charge in [0, 0.05) is 5.56 Å². The molecule has 0 bridgehead atoms. The number of benzene rings is 1. The molecule has 1 aliphatic rings. The Morgan fingerprint density at radius 1 is 1.16 bits per heavy atom. The molecule has 32 heavy (non-hydrogen) atoms. The van der Waals surface area contributed by atoms with Crippen LogP contribution in [0.25, 0.3) is 0 Å². The van der Waals surface area contributed by atoms with Crippen molar-refractivity contribution in [1.29, 1.82) is 0 Å². The van der Waals surface area contributed by atoms with E-state index in [0.29, 0.717) is 5.76 Å². The zero-order chi connectivity index (χ0) is 23.1. The zero-order valence-electron chi connectivity index (χ0n) is 17.0. The third-order valence-corrected chi connectivity index (χ3v) is 4.35. The maximum atomic E-state index is 12.9. The van der Waals surface area contributed by atoms with Gasteiger partial charge < -0.3 is 29.8 Å². The number of esters is 2. The Balaban J connectivity index is 1.68. The summed E-state index contributed by atoms with van der Waals surface area (Å²) >= 11 is 0. The van der Waals surface area contributed by atoms with Crippen molar-refractivity contribution in [3.8, 4) is 0 Å². The van der Waals surface area contributed by atoms with Gasteiger partial charge in [-0.25, -0.2) is 14.0 Å². The molecule has 0 saturated heterocycles. The van der Waals surface area contributed by atoms with Crippen LogP contribution in [-0.4, -0.2) is 43.6 Å². The highest BCUT2D eigenvalue weighted by atomic mass is 19.1. The second-order valence-electron chi connectivity index (χ2n) is 6.51. The molecule has 1 aliphatic heterocycles. The fourth-order valence-electron chi connectivity index (χ4n) is 2.91. The van der Waals surface area contributed by atoms with Gasteiger partial charge >= 0.3 is 18.0 Å². The number of urea groups is 1. The van der Waals surface area contributed by atoms with Gasteiger partial charge in [0.05, 0.1) is 24.1 Å². The number of rotatable bonds is 8. The van der Waals surface area contributed by atoms with Crippen molar-refractivity contribution in [1.82, 2.24) is 16.0 Å². The molecule has 3 amide bonds. The number of amides is 3. The summed E-state index contributed by atoms with van der Waals surface area (Å²) in [5.41, 5.74) is 0.203. The molecule has 3 N–H and O–H groups in total. The van der Waals surface area contributed by atoms with Gasteiger partial charge in [0.1, 0.15) is 30.8 Å². The molecule has 0 saturated carbocycles. The fourth-order valence-corrected chi connectivity index (χ4v) is 2.91. The highest BCUT2D eigenvalue weighted by Gasteiger charge is 2.35. The van der Waals surface area contributed by atoms with Crippen LogP contribution in [0.1, 0.15) is 29.1 Å². The minimum atomic E-state index is -0.940. The SMILES string of the molecule is CCOC(=O)C1=C(COC(=O)CNC(=O)c2ccc(F)cc2)NC(=O)NC1c1ccco1. The minimum Gasteiger partial charge on any atom is -0.467 e. The van der Waals surface area contributed by atoms with E-state index in [1.807, 2.05) is 0 Å². The van der Waals surface area contributed by atoms with Crippen molar-refractivity contribution < 1.29 is 37.5 Å². The van der Waals surface area contributed by atoms with Crippen molar-refractivity contribution in [3.05, 3.63) is 71.1 Å². The molecule has 1 aromatic heterocycles. The Kier molecular flexibility index (Phi) is 7.21. The lowest BCUT2D eigenvalue weighted by Crippen LogP contribution is -2.47. The summed E-state index contributed by atoms with van der Waals surface area (Å²) in [6.45, 7) is 0.776. The number of furan rings is 1. The van der Waals surface area contributed by atoms with E-state index in [9.17, 15) is 23.6 Å². The number of carbonyl (C=O) groups is 4. The van der Waals surface area contributed by atoms with E-state index in [1.54, 1.807) is 19.1 Å². The summed E-state index contributed by atoms with van der Waals surface area (Å²) in [5, 5.41) is 7.34. The normalized spacial score (nSPS) is 15.4. The maximum absolute atomic E-state index is 12.9. The lowest BCUT2D eigenvalue weighted by atomic mass is 10.0. The first-order valence-corrected chi connectivity index (χ1v) is 9.59. The third kappa shape index (κ3) is 5.50. The Bertz CT molecular complexity index is 1030. The van der Waals surface area contributed by atoms with Crippen molar-refractivity contribution >= 4 is 23.9 Å². The predicted molar refractivity (Wildman–Crippen MR) is 106 cm³/mol. The van der Waals surface area contributed by atoms with Crippen LogP contribution in [0.3, 0.4) is 0 Å². The zero-order valence-corrected chi connectivity index (χ0v) is 17.0. The molecule has 3 rings (SSSR count). The smallest absolute Gasteiger partial charge is 0.338 e. The van der Waals surface area contributed by atoms with Gasteiger partial charge in [-0.05, 0) is 43.3 Å². The van der Waals surface area contributed by atoms with Crippen molar-refractivity contribution in [3.63, 3.8) is 0 Å². The van der Waals surface area contributed by atoms with Gasteiger partial charge in [-0.15, -0.1) is 0 Å². The average Bonchev–Trinajstić information content (AvgIpc) is 3.31. The predicted octanol–water partition coefficient (Wildman–Crippen LogP) is 1.56. The van der Waals surface area contributed by atoms with Crippen LogP contribution >= 0.6 is 0 Å². The van der Waals surface area contributed by atoms with E-state index >= 15 is 0 Å². The number of ether oxygens (including phenoxy) is 2. The molecule has 1 atom stereocenters. The highest BCUT2D eigenvalue weighted by Crippen LogP contribution is 2.28. The molecule has 2 heterocycles. The van der Waals surface area contributed by atoms with Gasteiger partial charge in [0.25, 0.3) is 5.91 Å². The van der Waals surface area contributed by atoms with Gasteiger partial charge in [-0.2, -0.15) is 0 Å². The molecule has 0 radical (unpaired) electrons. The molecule has 0 spiro atoms. The number of nitrogens with one attached hydrogen (secondary N) is 3. The van der Waals surface area contributed by atoms with Crippen molar-refractivity contribution in [2.45, 2.75) is 13.0 Å².